The number of aromatic nitrogens is 1. The van der Waals surface area contributed by atoms with Crippen LogP contribution in [0.5, 0.6) is 0 Å². The van der Waals surface area contributed by atoms with Crippen LogP contribution in [0, 0.1) is 13.8 Å². The number of carbonyl (C=O) groups is 2. The number of H-pyrrole nitrogens is 1. The van der Waals surface area contributed by atoms with Crippen molar-refractivity contribution in [1.29, 1.82) is 0 Å². The van der Waals surface area contributed by atoms with Crippen LogP contribution < -0.4 is 9.80 Å². The van der Waals surface area contributed by atoms with Crippen LogP contribution in [0.25, 0.3) is 0 Å². The number of carbonyl (C=O) groups excluding carboxylic acids is 2. The molecule has 1 aliphatic heterocycles. The molecule has 3 rings (SSSR count). The Balaban J connectivity index is 1.69. The minimum atomic E-state index is -0.150. The van der Waals surface area contributed by atoms with Gasteiger partial charge in [0, 0.05) is 22.0 Å². The Morgan fingerprint density at radius 1 is 1.22 bits per heavy atom. The van der Waals surface area contributed by atoms with E-state index in [1.807, 2.05) is 39.0 Å². The third-order valence-corrected chi connectivity index (χ3v) is 5.86. The Morgan fingerprint density at radius 3 is 2.44 bits per heavy atom. The Labute approximate surface area is 165 Å². The normalized spacial score (nSPS) is 16.4. The summed E-state index contributed by atoms with van der Waals surface area (Å²) in [6, 6.07) is 7.74. The molecule has 2 aromatic rings. The van der Waals surface area contributed by atoms with Crippen LogP contribution in [-0.4, -0.2) is 48.8 Å². The predicted octanol–water partition coefficient (Wildman–Crippen LogP) is 2.46. The number of halogens is 1. The summed E-state index contributed by atoms with van der Waals surface area (Å²) < 4.78 is 0. The van der Waals surface area contributed by atoms with Crippen molar-refractivity contribution >= 4 is 28.9 Å². The van der Waals surface area contributed by atoms with E-state index in [4.69, 9.17) is 11.6 Å². The molecule has 27 heavy (non-hydrogen) atoms. The number of benzene rings is 1. The first-order valence-electron chi connectivity index (χ1n) is 9.39. The number of nitrogens with one attached hydrogen (secondary N) is 2. The van der Waals surface area contributed by atoms with Crippen molar-refractivity contribution in [3.63, 3.8) is 0 Å². The van der Waals surface area contributed by atoms with Gasteiger partial charge >= 0.3 is 0 Å². The lowest BCUT2D eigenvalue weighted by Crippen LogP contribution is -3.18. The number of aryl methyl sites for hydroxylation is 1. The Bertz CT molecular complexity index is 866. The summed E-state index contributed by atoms with van der Waals surface area (Å²) in [7, 11) is 0. The van der Waals surface area contributed by atoms with Crippen LogP contribution in [0.1, 0.15) is 46.0 Å². The number of rotatable bonds is 5. The maximum absolute atomic E-state index is 13.1. The molecule has 1 aromatic heterocycles. The topological polar surface area (TPSA) is 57.6 Å². The molecule has 0 radical (unpaired) electrons. The summed E-state index contributed by atoms with van der Waals surface area (Å²) in [6.45, 7) is 10.8. The standard InChI is InChI=1S/C21H26ClN3O2/c1-13-19(16(4)26)14(2)23-20(13)21(27)15(3)24-8-10-25(11-9-24)18-7-5-6-17(22)12-18/h5-7,12,15,23H,8-11H2,1-4H3/p+1/t15-/m0/s1. The molecule has 1 aliphatic rings. The van der Waals surface area contributed by atoms with Gasteiger partial charge in [0.1, 0.15) is 0 Å². The molecule has 0 bridgehead atoms. The fraction of sp³-hybridized carbons (Fsp3) is 0.429. The SMILES string of the molecule is CC(=O)c1c(C)[nH]c(C(=O)[C@H](C)[NH+]2CCN(c3cccc(Cl)c3)CC2)c1C. The van der Waals surface area contributed by atoms with Gasteiger partial charge in [-0.15, -0.1) is 0 Å². The molecule has 0 spiro atoms. The highest BCUT2D eigenvalue weighted by molar-refractivity contribution is 6.30. The lowest BCUT2D eigenvalue weighted by atomic mass is 10.0. The number of nitrogens with zero attached hydrogens (tertiary/aromatic N) is 1. The molecule has 2 N–H and O–H groups in total. The van der Waals surface area contributed by atoms with Crippen molar-refractivity contribution in [3.8, 4) is 0 Å². The number of anilines is 1. The summed E-state index contributed by atoms with van der Waals surface area (Å²) >= 11 is 6.10. The number of Topliss-reactive ketones (excluding diaryl/α,β-unsaturated/α-hetero) is 2. The maximum atomic E-state index is 13.1. The highest BCUT2D eigenvalue weighted by atomic mass is 35.5. The molecule has 0 aliphatic carbocycles. The van der Waals surface area contributed by atoms with E-state index in [-0.39, 0.29) is 17.6 Å². The van der Waals surface area contributed by atoms with Gasteiger partial charge in [-0.05, 0) is 51.5 Å². The third-order valence-electron chi connectivity index (χ3n) is 5.62. The van der Waals surface area contributed by atoms with Gasteiger partial charge in [-0.25, -0.2) is 0 Å². The lowest BCUT2D eigenvalue weighted by Gasteiger charge is -2.36. The van der Waals surface area contributed by atoms with E-state index >= 15 is 0 Å². The molecule has 144 valence electrons. The number of hydrogen-bond acceptors (Lipinski definition) is 3. The van der Waals surface area contributed by atoms with Gasteiger partial charge < -0.3 is 14.8 Å². The zero-order valence-electron chi connectivity index (χ0n) is 16.4. The maximum Gasteiger partial charge on any atom is 0.235 e. The first kappa shape index (κ1) is 19.6. The van der Waals surface area contributed by atoms with Crippen molar-refractivity contribution in [2.24, 2.45) is 0 Å². The number of piperazine rings is 1. The quantitative estimate of drug-likeness (QED) is 0.773. The van der Waals surface area contributed by atoms with Crippen LogP contribution in [0.2, 0.25) is 5.02 Å². The molecule has 1 atom stereocenters. The average molecular weight is 389 g/mol. The van der Waals surface area contributed by atoms with Crippen molar-refractivity contribution < 1.29 is 14.5 Å². The summed E-state index contributed by atoms with van der Waals surface area (Å²) in [6.07, 6.45) is 0. The monoisotopic (exact) mass is 388 g/mol. The fourth-order valence-corrected chi connectivity index (χ4v) is 4.27. The smallest absolute Gasteiger partial charge is 0.235 e. The summed E-state index contributed by atoms with van der Waals surface area (Å²) in [5, 5.41) is 0.740. The highest BCUT2D eigenvalue weighted by Gasteiger charge is 2.32. The number of ketones is 2. The molecule has 5 nitrogen and oxygen atoms in total. The largest absolute Gasteiger partial charge is 0.360 e. The predicted molar refractivity (Wildman–Crippen MR) is 108 cm³/mol. The molecular formula is C21H27ClN3O2+. The molecule has 1 fully saturated rings. The minimum absolute atomic E-state index is 0.00423. The fourth-order valence-electron chi connectivity index (χ4n) is 4.08. The van der Waals surface area contributed by atoms with Gasteiger partial charge in [-0.3, -0.25) is 9.59 Å². The van der Waals surface area contributed by atoms with Gasteiger partial charge in [0.2, 0.25) is 5.78 Å². The molecule has 0 saturated carbocycles. The van der Waals surface area contributed by atoms with E-state index in [2.05, 4.69) is 16.0 Å². The van der Waals surface area contributed by atoms with Crippen molar-refractivity contribution in [1.82, 2.24) is 4.98 Å². The van der Waals surface area contributed by atoms with E-state index < -0.39 is 0 Å². The van der Waals surface area contributed by atoms with Gasteiger partial charge in [0.15, 0.2) is 11.8 Å². The van der Waals surface area contributed by atoms with E-state index in [1.54, 1.807) is 6.92 Å². The molecule has 1 aromatic carbocycles. The second kappa shape index (κ2) is 7.87. The Hall–Kier alpha value is -2.11. The van der Waals surface area contributed by atoms with Crippen LogP contribution in [0.3, 0.4) is 0 Å². The number of aromatic amines is 1. The van der Waals surface area contributed by atoms with Crippen LogP contribution in [-0.2, 0) is 0 Å². The Morgan fingerprint density at radius 2 is 1.89 bits per heavy atom. The van der Waals surface area contributed by atoms with Crippen molar-refractivity contribution in [3.05, 3.63) is 51.8 Å². The second-order valence-electron chi connectivity index (χ2n) is 7.39. The molecule has 6 heteroatoms. The second-order valence-corrected chi connectivity index (χ2v) is 7.83. The third kappa shape index (κ3) is 3.94. The van der Waals surface area contributed by atoms with Gasteiger partial charge in [-0.2, -0.15) is 0 Å². The summed E-state index contributed by atoms with van der Waals surface area (Å²) in [5.74, 6) is 0.0738. The summed E-state index contributed by atoms with van der Waals surface area (Å²) in [4.78, 5) is 31.6. The van der Waals surface area contributed by atoms with Gasteiger partial charge in [-0.1, -0.05) is 17.7 Å². The van der Waals surface area contributed by atoms with Crippen molar-refractivity contribution in [2.75, 3.05) is 31.1 Å². The zero-order chi connectivity index (χ0) is 19.7. The van der Waals surface area contributed by atoms with E-state index in [0.717, 1.165) is 48.1 Å². The van der Waals surface area contributed by atoms with Gasteiger partial charge in [0.05, 0.1) is 31.9 Å². The number of quaternary nitrogens is 1. The van der Waals surface area contributed by atoms with E-state index in [9.17, 15) is 9.59 Å². The van der Waals surface area contributed by atoms with E-state index in [1.165, 1.54) is 4.90 Å². The van der Waals surface area contributed by atoms with Crippen LogP contribution >= 0.6 is 11.6 Å². The van der Waals surface area contributed by atoms with E-state index in [0.29, 0.717) is 11.3 Å². The average Bonchev–Trinajstić information content (AvgIpc) is 2.95. The van der Waals surface area contributed by atoms with Gasteiger partial charge in [0.25, 0.3) is 0 Å². The lowest BCUT2D eigenvalue weighted by molar-refractivity contribution is -0.914. The van der Waals surface area contributed by atoms with Crippen molar-refractivity contribution in [2.45, 2.75) is 33.7 Å². The van der Waals surface area contributed by atoms with Crippen LogP contribution in [0.4, 0.5) is 5.69 Å². The molecule has 0 amide bonds. The molecular weight excluding hydrogens is 362 g/mol. The summed E-state index contributed by atoms with van der Waals surface area (Å²) in [5.41, 5.74) is 3.90. The first-order chi connectivity index (χ1) is 12.8. The Kier molecular flexibility index (Phi) is 5.72. The molecule has 0 unspecified atom stereocenters. The highest BCUT2D eigenvalue weighted by Crippen LogP contribution is 2.21. The number of hydrogen-bond donors (Lipinski definition) is 2. The molecule has 2 heterocycles. The molecule has 1 saturated heterocycles. The first-order valence-corrected chi connectivity index (χ1v) is 9.76. The zero-order valence-corrected chi connectivity index (χ0v) is 17.1. The van der Waals surface area contributed by atoms with Crippen LogP contribution in [0.15, 0.2) is 24.3 Å². The minimum Gasteiger partial charge on any atom is -0.360 e.